The molecule has 0 aliphatic carbocycles. The fraction of sp³-hybridized carbons (Fsp3) is 0.125. The van der Waals surface area contributed by atoms with Gasteiger partial charge in [-0.25, -0.2) is 13.2 Å². The van der Waals surface area contributed by atoms with E-state index in [9.17, 15) is 22.8 Å². The van der Waals surface area contributed by atoms with E-state index in [1.54, 1.807) is 29.2 Å². The van der Waals surface area contributed by atoms with E-state index in [1.165, 1.54) is 37.3 Å². The highest BCUT2D eigenvalue weighted by molar-refractivity contribution is 7.92. The zero-order valence-electron chi connectivity index (χ0n) is 18.6. The monoisotopic (exact) mass is 491 g/mol. The molecule has 178 valence electrons. The fourth-order valence-electron chi connectivity index (χ4n) is 4.16. The van der Waals surface area contributed by atoms with E-state index in [0.29, 0.717) is 29.7 Å². The second kappa shape index (κ2) is 8.44. The molecule has 0 saturated heterocycles. The largest absolute Gasteiger partial charge is 0.323 e. The lowest BCUT2D eigenvalue weighted by molar-refractivity contribution is -0.116. The summed E-state index contributed by atoms with van der Waals surface area (Å²) in [5.41, 5.74) is 2.95. The third kappa shape index (κ3) is 4.28. The Labute approximate surface area is 200 Å². The van der Waals surface area contributed by atoms with Gasteiger partial charge in [0.05, 0.1) is 27.2 Å². The van der Waals surface area contributed by atoms with Gasteiger partial charge in [0, 0.05) is 24.8 Å². The summed E-state index contributed by atoms with van der Waals surface area (Å²) in [5, 5.41) is 2.80. The molecule has 3 aromatic carbocycles. The van der Waals surface area contributed by atoms with Crippen molar-refractivity contribution in [2.75, 3.05) is 21.5 Å². The van der Waals surface area contributed by atoms with Crippen LogP contribution in [-0.2, 0) is 21.2 Å². The molecular formula is C24H21N5O5S. The molecule has 10 nitrogen and oxygen atoms in total. The lowest BCUT2D eigenvalue weighted by Gasteiger charge is -2.15. The van der Waals surface area contributed by atoms with E-state index >= 15 is 0 Å². The minimum atomic E-state index is -4.05. The van der Waals surface area contributed by atoms with Gasteiger partial charge in [0.15, 0.2) is 0 Å². The number of carbonyl (C=O) groups excluding carboxylic acids is 2. The van der Waals surface area contributed by atoms with Crippen molar-refractivity contribution in [3.05, 3.63) is 82.3 Å². The van der Waals surface area contributed by atoms with E-state index in [-0.39, 0.29) is 22.1 Å². The van der Waals surface area contributed by atoms with Crippen LogP contribution in [0.25, 0.3) is 11.0 Å². The van der Waals surface area contributed by atoms with E-state index in [2.05, 4.69) is 20.0 Å². The van der Waals surface area contributed by atoms with Crippen LogP contribution in [-0.4, -0.2) is 36.7 Å². The van der Waals surface area contributed by atoms with Gasteiger partial charge in [-0.1, -0.05) is 12.1 Å². The van der Waals surface area contributed by atoms with Crippen molar-refractivity contribution in [2.45, 2.75) is 18.2 Å². The summed E-state index contributed by atoms with van der Waals surface area (Å²) >= 11 is 0. The Hall–Kier alpha value is -4.38. The predicted octanol–water partition coefficient (Wildman–Crippen LogP) is 2.82. The molecule has 0 saturated carbocycles. The Kier molecular flexibility index (Phi) is 5.40. The minimum Gasteiger partial charge on any atom is -0.322 e. The first kappa shape index (κ1) is 22.4. The van der Waals surface area contributed by atoms with Crippen molar-refractivity contribution in [3.8, 4) is 0 Å². The molecule has 1 aromatic heterocycles. The standard InChI is InChI=1S/C24H21N5O5S/c1-14(30)29-11-10-15-12-16(6-9-22(15)29)25-23(31)18-4-2-3-5-19(18)28-35(33,34)17-7-8-20-21(13-17)27-24(32)26-20/h2-9,12-13,28H,10-11H2,1H3,(H,25,31)(H2,26,27,32). The van der Waals surface area contributed by atoms with Gasteiger partial charge >= 0.3 is 5.69 Å². The van der Waals surface area contributed by atoms with Crippen LogP contribution in [0.1, 0.15) is 22.8 Å². The van der Waals surface area contributed by atoms with Gasteiger partial charge in [0.2, 0.25) is 5.91 Å². The van der Waals surface area contributed by atoms with Crippen LogP contribution < -0.4 is 20.6 Å². The number of anilines is 3. The predicted molar refractivity (Wildman–Crippen MR) is 132 cm³/mol. The topological polar surface area (TPSA) is 144 Å². The number of imidazole rings is 1. The summed E-state index contributed by atoms with van der Waals surface area (Å²) in [6.07, 6.45) is 0.686. The van der Waals surface area contributed by atoms with Gasteiger partial charge in [-0.05, 0) is 60.5 Å². The highest BCUT2D eigenvalue weighted by Gasteiger charge is 2.23. The van der Waals surface area contributed by atoms with Gasteiger partial charge in [0.25, 0.3) is 15.9 Å². The lowest BCUT2D eigenvalue weighted by Crippen LogP contribution is -2.25. The second-order valence-electron chi connectivity index (χ2n) is 8.16. The molecular weight excluding hydrogens is 470 g/mol. The zero-order chi connectivity index (χ0) is 24.7. The van der Waals surface area contributed by atoms with E-state index < -0.39 is 21.6 Å². The molecule has 4 aromatic rings. The lowest BCUT2D eigenvalue weighted by atomic mass is 10.1. The van der Waals surface area contributed by atoms with Gasteiger partial charge in [-0.15, -0.1) is 0 Å². The maximum atomic E-state index is 13.1. The van der Waals surface area contributed by atoms with Crippen LogP contribution in [0.3, 0.4) is 0 Å². The average Bonchev–Trinajstić information content (AvgIpc) is 3.40. The summed E-state index contributed by atoms with van der Waals surface area (Å²) in [4.78, 5) is 43.0. The number of nitrogens with one attached hydrogen (secondary N) is 4. The van der Waals surface area contributed by atoms with Crippen molar-refractivity contribution in [1.29, 1.82) is 0 Å². The molecule has 0 unspecified atom stereocenters. The number of aromatic nitrogens is 2. The zero-order valence-corrected chi connectivity index (χ0v) is 19.4. The van der Waals surface area contributed by atoms with E-state index in [0.717, 1.165) is 11.3 Å². The molecule has 0 fully saturated rings. The molecule has 35 heavy (non-hydrogen) atoms. The van der Waals surface area contributed by atoms with Gasteiger partial charge in [0.1, 0.15) is 0 Å². The maximum absolute atomic E-state index is 13.1. The average molecular weight is 492 g/mol. The van der Waals surface area contributed by atoms with E-state index in [1.807, 2.05) is 6.07 Å². The quantitative estimate of drug-likeness (QED) is 0.339. The summed E-state index contributed by atoms with van der Waals surface area (Å²) in [5.74, 6) is -0.529. The van der Waals surface area contributed by atoms with Crippen LogP contribution >= 0.6 is 0 Å². The first-order valence-corrected chi connectivity index (χ1v) is 12.3. The highest BCUT2D eigenvalue weighted by Crippen LogP contribution is 2.31. The van der Waals surface area contributed by atoms with Crippen LogP contribution in [0, 0.1) is 0 Å². The van der Waals surface area contributed by atoms with Crippen LogP contribution in [0.15, 0.2) is 70.4 Å². The number of hydrogen-bond donors (Lipinski definition) is 4. The fourth-order valence-corrected chi connectivity index (χ4v) is 5.26. The molecule has 0 atom stereocenters. The number of para-hydroxylation sites is 1. The number of carbonyl (C=O) groups is 2. The molecule has 2 amide bonds. The summed E-state index contributed by atoms with van der Waals surface area (Å²) in [6, 6.07) is 15.8. The number of aromatic amines is 2. The number of hydrogen-bond acceptors (Lipinski definition) is 5. The number of fused-ring (bicyclic) bond motifs is 2. The Balaban J connectivity index is 1.39. The number of nitrogens with zero attached hydrogens (tertiary/aromatic N) is 1. The van der Waals surface area contributed by atoms with Gasteiger partial charge < -0.3 is 20.2 Å². The normalized spacial score (nSPS) is 13.0. The van der Waals surface area contributed by atoms with Crippen molar-refractivity contribution in [1.82, 2.24) is 9.97 Å². The number of benzene rings is 3. The first-order valence-electron chi connectivity index (χ1n) is 10.8. The molecule has 4 N–H and O–H groups in total. The number of H-pyrrole nitrogens is 2. The Morgan fingerprint density at radius 1 is 0.971 bits per heavy atom. The number of sulfonamides is 1. The number of rotatable bonds is 5. The Morgan fingerprint density at radius 2 is 1.74 bits per heavy atom. The molecule has 0 bridgehead atoms. The van der Waals surface area contributed by atoms with Crippen molar-refractivity contribution in [3.63, 3.8) is 0 Å². The number of amides is 2. The second-order valence-corrected chi connectivity index (χ2v) is 9.84. The Bertz CT molecular complexity index is 1650. The van der Waals surface area contributed by atoms with Gasteiger partial charge in [-0.2, -0.15) is 0 Å². The van der Waals surface area contributed by atoms with Crippen molar-refractivity contribution >= 4 is 49.9 Å². The minimum absolute atomic E-state index is 0.0382. The molecule has 5 rings (SSSR count). The van der Waals surface area contributed by atoms with Crippen molar-refractivity contribution in [2.24, 2.45) is 0 Å². The highest BCUT2D eigenvalue weighted by atomic mass is 32.2. The SMILES string of the molecule is CC(=O)N1CCc2cc(NC(=O)c3ccccc3NS(=O)(=O)c3ccc4[nH]c(=O)[nH]c4c3)ccc21. The summed E-state index contributed by atoms with van der Waals surface area (Å²) < 4.78 is 28.5. The van der Waals surface area contributed by atoms with Crippen LogP contribution in [0.5, 0.6) is 0 Å². The van der Waals surface area contributed by atoms with Crippen LogP contribution in [0.4, 0.5) is 17.1 Å². The molecule has 2 heterocycles. The molecule has 0 spiro atoms. The summed E-state index contributed by atoms with van der Waals surface area (Å²) in [7, 11) is -4.05. The van der Waals surface area contributed by atoms with E-state index in [4.69, 9.17) is 0 Å². The summed E-state index contributed by atoms with van der Waals surface area (Å²) in [6.45, 7) is 2.10. The molecule has 0 radical (unpaired) electrons. The van der Waals surface area contributed by atoms with Gasteiger partial charge in [-0.3, -0.25) is 14.3 Å². The Morgan fingerprint density at radius 3 is 2.54 bits per heavy atom. The van der Waals surface area contributed by atoms with Crippen LogP contribution in [0.2, 0.25) is 0 Å². The molecule has 1 aliphatic rings. The molecule has 1 aliphatic heterocycles. The third-order valence-corrected chi connectivity index (χ3v) is 7.19. The smallest absolute Gasteiger partial charge is 0.322 e. The third-order valence-electron chi connectivity index (χ3n) is 5.83. The van der Waals surface area contributed by atoms with Crippen molar-refractivity contribution < 1.29 is 18.0 Å². The first-order chi connectivity index (χ1) is 16.7. The maximum Gasteiger partial charge on any atom is 0.323 e. The molecule has 11 heteroatoms.